The molecule has 0 aliphatic carbocycles. The van der Waals surface area contributed by atoms with Crippen LogP contribution in [0.5, 0.6) is 5.75 Å². The Morgan fingerprint density at radius 1 is 1.09 bits per heavy atom. The van der Waals surface area contributed by atoms with Crippen LogP contribution in [-0.2, 0) is 21.2 Å². The molecule has 0 atom stereocenters. The zero-order valence-corrected chi connectivity index (χ0v) is 19.8. The SMILES string of the molecule is CCOc1ccc(-c2noc(CCC(=O)Nc3cccc(S(=O)(=O)N(CC)CC)c3)n2)cc1. The molecule has 0 saturated carbocycles. The van der Waals surface area contributed by atoms with Crippen LogP contribution in [-0.4, -0.2) is 48.5 Å². The predicted octanol–water partition coefficient (Wildman–Crippen LogP) is 3.74. The number of sulfonamides is 1. The molecular formula is C23H28N4O5S. The quantitative estimate of drug-likeness (QED) is 0.452. The van der Waals surface area contributed by atoms with Gasteiger partial charge in [0, 0.05) is 37.2 Å². The van der Waals surface area contributed by atoms with Crippen LogP contribution in [0.25, 0.3) is 11.4 Å². The maximum Gasteiger partial charge on any atom is 0.243 e. The molecule has 2 aromatic carbocycles. The summed E-state index contributed by atoms with van der Waals surface area (Å²) in [6.45, 7) is 6.82. The smallest absolute Gasteiger partial charge is 0.243 e. The third kappa shape index (κ3) is 6.17. The highest BCUT2D eigenvalue weighted by Crippen LogP contribution is 2.21. The fourth-order valence-electron chi connectivity index (χ4n) is 3.23. The van der Waals surface area contributed by atoms with Gasteiger partial charge in [0.25, 0.3) is 0 Å². The van der Waals surface area contributed by atoms with E-state index in [1.54, 1.807) is 26.0 Å². The van der Waals surface area contributed by atoms with Crippen molar-refractivity contribution in [1.82, 2.24) is 14.4 Å². The summed E-state index contributed by atoms with van der Waals surface area (Å²) in [6.07, 6.45) is 0.366. The Morgan fingerprint density at radius 2 is 1.82 bits per heavy atom. The van der Waals surface area contributed by atoms with E-state index in [2.05, 4.69) is 15.5 Å². The second-order valence-electron chi connectivity index (χ2n) is 7.13. The van der Waals surface area contributed by atoms with E-state index < -0.39 is 10.0 Å². The molecular weight excluding hydrogens is 444 g/mol. The third-order valence-electron chi connectivity index (χ3n) is 4.92. The average molecular weight is 473 g/mol. The summed E-state index contributed by atoms with van der Waals surface area (Å²) in [6, 6.07) is 13.6. The molecule has 1 N–H and O–H groups in total. The van der Waals surface area contributed by atoms with E-state index in [-0.39, 0.29) is 23.6 Å². The first-order valence-electron chi connectivity index (χ1n) is 10.8. The first kappa shape index (κ1) is 24.4. The Balaban J connectivity index is 1.59. The number of carbonyl (C=O) groups excluding carboxylic acids is 1. The lowest BCUT2D eigenvalue weighted by atomic mass is 10.2. The number of anilines is 1. The minimum atomic E-state index is -3.60. The van der Waals surface area contributed by atoms with Gasteiger partial charge in [-0.25, -0.2) is 8.42 Å². The monoisotopic (exact) mass is 472 g/mol. The first-order valence-corrected chi connectivity index (χ1v) is 12.3. The van der Waals surface area contributed by atoms with Crippen molar-refractivity contribution in [3.8, 4) is 17.1 Å². The van der Waals surface area contributed by atoms with Gasteiger partial charge in [-0.2, -0.15) is 9.29 Å². The maximum absolute atomic E-state index is 12.7. The number of benzene rings is 2. The van der Waals surface area contributed by atoms with Crippen molar-refractivity contribution in [2.24, 2.45) is 0 Å². The lowest BCUT2D eigenvalue weighted by molar-refractivity contribution is -0.116. The normalized spacial score (nSPS) is 11.5. The van der Waals surface area contributed by atoms with Gasteiger partial charge >= 0.3 is 0 Å². The van der Waals surface area contributed by atoms with Crippen LogP contribution >= 0.6 is 0 Å². The number of ether oxygens (including phenoxy) is 1. The van der Waals surface area contributed by atoms with Gasteiger partial charge in [-0.05, 0) is 49.4 Å². The van der Waals surface area contributed by atoms with Crippen molar-refractivity contribution in [3.63, 3.8) is 0 Å². The minimum Gasteiger partial charge on any atom is -0.494 e. The standard InChI is InChI=1S/C23H28N4O5S/c1-4-27(5-2)33(29,30)20-9-7-8-18(16-20)24-21(28)14-15-22-25-23(26-32-22)17-10-12-19(13-11-17)31-6-3/h7-13,16H,4-6,14-15H2,1-3H3,(H,24,28). The summed E-state index contributed by atoms with van der Waals surface area (Å²) < 4.78 is 37.4. The number of aromatic nitrogens is 2. The summed E-state index contributed by atoms with van der Waals surface area (Å²) in [7, 11) is -3.60. The number of nitrogens with zero attached hydrogens (tertiary/aromatic N) is 3. The zero-order chi connectivity index (χ0) is 23.8. The summed E-state index contributed by atoms with van der Waals surface area (Å²) >= 11 is 0. The highest BCUT2D eigenvalue weighted by molar-refractivity contribution is 7.89. The molecule has 1 heterocycles. The minimum absolute atomic E-state index is 0.109. The summed E-state index contributed by atoms with van der Waals surface area (Å²) in [5.74, 6) is 1.25. The second-order valence-corrected chi connectivity index (χ2v) is 9.07. The Bertz CT molecular complexity index is 1170. The van der Waals surface area contributed by atoms with Crippen LogP contribution < -0.4 is 10.1 Å². The van der Waals surface area contributed by atoms with E-state index >= 15 is 0 Å². The molecule has 10 heteroatoms. The van der Waals surface area contributed by atoms with Crippen LogP contribution in [0.4, 0.5) is 5.69 Å². The van der Waals surface area contributed by atoms with E-state index in [4.69, 9.17) is 9.26 Å². The maximum atomic E-state index is 12.7. The van der Waals surface area contributed by atoms with Crippen molar-refractivity contribution in [2.45, 2.75) is 38.5 Å². The van der Waals surface area contributed by atoms with Crippen LogP contribution in [0, 0.1) is 0 Å². The fraction of sp³-hybridized carbons (Fsp3) is 0.348. The number of rotatable bonds is 11. The molecule has 0 fully saturated rings. The highest BCUT2D eigenvalue weighted by atomic mass is 32.2. The average Bonchev–Trinajstić information content (AvgIpc) is 3.28. The van der Waals surface area contributed by atoms with E-state index in [9.17, 15) is 13.2 Å². The molecule has 1 amide bonds. The first-order chi connectivity index (χ1) is 15.9. The van der Waals surface area contributed by atoms with Crippen molar-refractivity contribution in [3.05, 3.63) is 54.4 Å². The van der Waals surface area contributed by atoms with Crippen LogP contribution in [0.2, 0.25) is 0 Å². The molecule has 9 nitrogen and oxygen atoms in total. The lowest BCUT2D eigenvalue weighted by Crippen LogP contribution is -2.30. The number of nitrogens with one attached hydrogen (secondary N) is 1. The third-order valence-corrected chi connectivity index (χ3v) is 6.96. The van der Waals surface area contributed by atoms with E-state index in [0.29, 0.717) is 37.1 Å². The Hall–Kier alpha value is -3.24. The number of hydrogen-bond acceptors (Lipinski definition) is 7. The molecule has 1 aromatic heterocycles. The molecule has 0 aliphatic rings. The number of amides is 1. The van der Waals surface area contributed by atoms with Crippen molar-refractivity contribution in [1.29, 1.82) is 0 Å². The summed E-state index contributed by atoms with van der Waals surface area (Å²) in [4.78, 5) is 16.9. The van der Waals surface area contributed by atoms with Crippen LogP contribution in [0.3, 0.4) is 0 Å². The van der Waals surface area contributed by atoms with Gasteiger partial charge in [-0.3, -0.25) is 4.79 Å². The lowest BCUT2D eigenvalue weighted by Gasteiger charge is -2.18. The van der Waals surface area contributed by atoms with Crippen LogP contribution in [0.15, 0.2) is 57.9 Å². The van der Waals surface area contributed by atoms with Crippen LogP contribution in [0.1, 0.15) is 33.1 Å². The van der Waals surface area contributed by atoms with E-state index in [1.165, 1.54) is 16.4 Å². The molecule has 0 unspecified atom stereocenters. The highest BCUT2D eigenvalue weighted by Gasteiger charge is 2.22. The molecule has 176 valence electrons. The molecule has 0 bridgehead atoms. The van der Waals surface area contributed by atoms with Gasteiger partial charge in [0.05, 0.1) is 11.5 Å². The Kier molecular flexibility index (Phi) is 8.18. The van der Waals surface area contributed by atoms with E-state index in [0.717, 1.165) is 11.3 Å². The Labute approximate surface area is 193 Å². The summed E-state index contributed by atoms with van der Waals surface area (Å²) in [5, 5.41) is 6.70. The van der Waals surface area contributed by atoms with Gasteiger partial charge in [-0.1, -0.05) is 25.1 Å². The molecule has 0 saturated heterocycles. The number of aryl methyl sites for hydroxylation is 1. The van der Waals surface area contributed by atoms with Gasteiger partial charge in [0.15, 0.2) is 0 Å². The molecule has 0 radical (unpaired) electrons. The fourth-order valence-corrected chi connectivity index (χ4v) is 4.74. The van der Waals surface area contributed by atoms with Crippen molar-refractivity contribution in [2.75, 3.05) is 25.0 Å². The largest absolute Gasteiger partial charge is 0.494 e. The predicted molar refractivity (Wildman–Crippen MR) is 124 cm³/mol. The van der Waals surface area contributed by atoms with E-state index in [1.807, 2.05) is 31.2 Å². The second kappa shape index (κ2) is 11.1. The molecule has 0 spiro atoms. The topological polar surface area (TPSA) is 115 Å². The molecule has 0 aliphatic heterocycles. The number of hydrogen-bond donors (Lipinski definition) is 1. The van der Waals surface area contributed by atoms with Crippen molar-refractivity contribution >= 4 is 21.6 Å². The number of carbonyl (C=O) groups is 1. The summed E-state index contributed by atoms with van der Waals surface area (Å²) in [5.41, 5.74) is 1.19. The van der Waals surface area contributed by atoms with Gasteiger partial charge < -0.3 is 14.6 Å². The molecule has 3 rings (SSSR count). The van der Waals surface area contributed by atoms with Gasteiger partial charge in [0.2, 0.25) is 27.6 Å². The zero-order valence-electron chi connectivity index (χ0n) is 18.9. The Morgan fingerprint density at radius 3 is 2.48 bits per heavy atom. The van der Waals surface area contributed by atoms with Gasteiger partial charge in [-0.15, -0.1) is 0 Å². The van der Waals surface area contributed by atoms with Gasteiger partial charge in [0.1, 0.15) is 5.75 Å². The molecule has 3 aromatic rings. The molecule has 33 heavy (non-hydrogen) atoms. The van der Waals surface area contributed by atoms with Crippen molar-refractivity contribution < 1.29 is 22.5 Å².